The highest BCUT2D eigenvalue weighted by atomic mass is 16.5. The Bertz CT molecular complexity index is 799. The Labute approximate surface area is 162 Å². The summed E-state index contributed by atoms with van der Waals surface area (Å²) in [6.07, 6.45) is 0.832. The second-order valence-electron chi connectivity index (χ2n) is 7.40. The number of rotatable bonds is 6. The van der Waals surface area contributed by atoms with E-state index >= 15 is 0 Å². The highest BCUT2D eigenvalue weighted by molar-refractivity contribution is 5.87. The van der Waals surface area contributed by atoms with Crippen LogP contribution in [0.25, 0.3) is 0 Å². The molecule has 0 aliphatic carbocycles. The molecule has 0 saturated carbocycles. The van der Waals surface area contributed by atoms with Crippen LogP contribution in [0.4, 0.5) is 0 Å². The zero-order chi connectivity index (χ0) is 19.4. The molecule has 0 radical (unpaired) electrons. The average Bonchev–Trinajstić information content (AvgIpc) is 2.68. The van der Waals surface area contributed by atoms with Gasteiger partial charge < -0.3 is 14.4 Å². The van der Waals surface area contributed by atoms with Crippen LogP contribution in [0.5, 0.6) is 11.5 Å². The lowest BCUT2D eigenvalue weighted by Crippen LogP contribution is -2.45. The fourth-order valence-electron chi connectivity index (χ4n) is 3.65. The van der Waals surface area contributed by atoms with Crippen molar-refractivity contribution in [2.24, 2.45) is 0 Å². The van der Waals surface area contributed by atoms with Gasteiger partial charge in [0.15, 0.2) is 11.5 Å². The standard InChI is InChI=1S/C23H29NO3/c1-5-26-20-14-17-12-13-24(16-18(17)15-21(20)27-6-2)22(25)23(3,4)19-10-8-7-9-11-19/h7-11,14-15H,5-6,12-13,16H2,1-4H3. The topological polar surface area (TPSA) is 38.8 Å². The van der Waals surface area contributed by atoms with E-state index in [0.717, 1.165) is 35.6 Å². The Morgan fingerprint density at radius 2 is 1.59 bits per heavy atom. The number of ether oxygens (including phenoxy) is 2. The summed E-state index contributed by atoms with van der Waals surface area (Å²) in [6.45, 7) is 10.5. The molecule has 2 aromatic rings. The molecule has 1 heterocycles. The van der Waals surface area contributed by atoms with E-state index in [0.29, 0.717) is 19.8 Å². The third-order valence-corrected chi connectivity index (χ3v) is 5.20. The summed E-state index contributed by atoms with van der Waals surface area (Å²) in [7, 11) is 0. The minimum absolute atomic E-state index is 0.159. The van der Waals surface area contributed by atoms with Gasteiger partial charge in [-0.25, -0.2) is 0 Å². The molecule has 0 aromatic heterocycles. The molecular weight excluding hydrogens is 338 g/mol. The van der Waals surface area contributed by atoms with Crippen molar-refractivity contribution in [3.05, 3.63) is 59.2 Å². The number of carbonyl (C=O) groups excluding carboxylic acids is 1. The zero-order valence-corrected chi connectivity index (χ0v) is 16.7. The minimum atomic E-state index is -0.549. The largest absolute Gasteiger partial charge is 0.490 e. The summed E-state index contributed by atoms with van der Waals surface area (Å²) >= 11 is 0. The lowest BCUT2D eigenvalue weighted by Gasteiger charge is -2.36. The molecule has 2 aromatic carbocycles. The van der Waals surface area contributed by atoms with Gasteiger partial charge in [0.1, 0.15) is 0 Å². The number of benzene rings is 2. The maximum atomic E-state index is 13.3. The van der Waals surface area contributed by atoms with Crippen LogP contribution in [0.1, 0.15) is 44.4 Å². The highest BCUT2D eigenvalue weighted by Crippen LogP contribution is 2.35. The van der Waals surface area contributed by atoms with Crippen LogP contribution < -0.4 is 9.47 Å². The first-order valence-electron chi connectivity index (χ1n) is 9.73. The molecular formula is C23H29NO3. The van der Waals surface area contributed by atoms with Gasteiger partial charge in [0, 0.05) is 13.1 Å². The van der Waals surface area contributed by atoms with E-state index in [2.05, 4.69) is 6.07 Å². The van der Waals surface area contributed by atoms with E-state index in [4.69, 9.17) is 9.47 Å². The summed E-state index contributed by atoms with van der Waals surface area (Å²) in [5.74, 6) is 1.71. The number of amides is 1. The normalized spacial score (nSPS) is 13.9. The van der Waals surface area contributed by atoms with Crippen LogP contribution >= 0.6 is 0 Å². The Morgan fingerprint density at radius 1 is 1.00 bits per heavy atom. The maximum absolute atomic E-state index is 13.3. The predicted molar refractivity (Wildman–Crippen MR) is 107 cm³/mol. The molecule has 1 amide bonds. The molecule has 4 nitrogen and oxygen atoms in total. The van der Waals surface area contributed by atoms with E-state index in [1.54, 1.807) is 0 Å². The van der Waals surface area contributed by atoms with E-state index in [9.17, 15) is 4.79 Å². The number of hydrogen-bond acceptors (Lipinski definition) is 3. The molecule has 0 saturated heterocycles. The lowest BCUT2D eigenvalue weighted by atomic mass is 9.82. The molecule has 0 atom stereocenters. The van der Waals surface area contributed by atoms with Crippen LogP contribution in [0, 0.1) is 0 Å². The van der Waals surface area contributed by atoms with Gasteiger partial charge in [-0.2, -0.15) is 0 Å². The minimum Gasteiger partial charge on any atom is -0.490 e. The quantitative estimate of drug-likeness (QED) is 0.762. The molecule has 0 bridgehead atoms. The summed E-state index contributed by atoms with van der Waals surface area (Å²) in [4.78, 5) is 15.2. The van der Waals surface area contributed by atoms with Gasteiger partial charge in [-0.05, 0) is 62.9 Å². The number of carbonyl (C=O) groups is 1. The molecule has 27 heavy (non-hydrogen) atoms. The van der Waals surface area contributed by atoms with Crippen molar-refractivity contribution in [2.75, 3.05) is 19.8 Å². The van der Waals surface area contributed by atoms with Crippen LogP contribution in [0.15, 0.2) is 42.5 Å². The van der Waals surface area contributed by atoms with Gasteiger partial charge in [0.25, 0.3) is 0 Å². The Balaban J connectivity index is 1.85. The number of hydrogen-bond donors (Lipinski definition) is 0. The van der Waals surface area contributed by atoms with Gasteiger partial charge in [0.05, 0.1) is 18.6 Å². The van der Waals surface area contributed by atoms with Crippen LogP contribution in [0.2, 0.25) is 0 Å². The maximum Gasteiger partial charge on any atom is 0.232 e. The molecule has 0 fully saturated rings. The van der Waals surface area contributed by atoms with E-state index in [1.165, 1.54) is 5.56 Å². The zero-order valence-electron chi connectivity index (χ0n) is 16.7. The van der Waals surface area contributed by atoms with Gasteiger partial charge in [-0.15, -0.1) is 0 Å². The fraction of sp³-hybridized carbons (Fsp3) is 0.435. The number of nitrogens with zero attached hydrogens (tertiary/aromatic N) is 1. The van der Waals surface area contributed by atoms with Crippen LogP contribution in [-0.2, 0) is 23.2 Å². The van der Waals surface area contributed by atoms with Crippen molar-refractivity contribution in [2.45, 2.75) is 46.1 Å². The second kappa shape index (κ2) is 8.03. The van der Waals surface area contributed by atoms with Gasteiger partial charge in [-0.3, -0.25) is 4.79 Å². The van der Waals surface area contributed by atoms with Crippen molar-refractivity contribution < 1.29 is 14.3 Å². The summed E-state index contributed by atoms with van der Waals surface area (Å²) < 4.78 is 11.5. The molecule has 1 aliphatic rings. The highest BCUT2D eigenvalue weighted by Gasteiger charge is 2.35. The average molecular weight is 367 g/mol. The van der Waals surface area contributed by atoms with Gasteiger partial charge >= 0.3 is 0 Å². The van der Waals surface area contributed by atoms with Crippen molar-refractivity contribution in [1.29, 1.82) is 0 Å². The third kappa shape index (κ3) is 3.95. The summed E-state index contributed by atoms with van der Waals surface area (Å²) in [5.41, 5.74) is 2.88. The Hall–Kier alpha value is -2.49. The van der Waals surface area contributed by atoms with Crippen molar-refractivity contribution in [1.82, 2.24) is 4.90 Å². The smallest absolute Gasteiger partial charge is 0.232 e. The first kappa shape index (κ1) is 19.3. The fourth-order valence-corrected chi connectivity index (χ4v) is 3.65. The molecule has 0 spiro atoms. The third-order valence-electron chi connectivity index (χ3n) is 5.20. The predicted octanol–water partition coefficient (Wildman–Crippen LogP) is 4.35. The molecule has 1 aliphatic heterocycles. The molecule has 3 rings (SSSR count). The summed E-state index contributed by atoms with van der Waals surface area (Å²) in [6, 6.07) is 14.1. The van der Waals surface area contributed by atoms with Crippen molar-refractivity contribution >= 4 is 5.91 Å². The monoisotopic (exact) mass is 367 g/mol. The second-order valence-corrected chi connectivity index (χ2v) is 7.40. The number of fused-ring (bicyclic) bond motifs is 1. The molecule has 4 heteroatoms. The first-order valence-corrected chi connectivity index (χ1v) is 9.73. The van der Waals surface area contributed by atoms with E-state index in [-0.39, 0.29) is 5.91 Å². The molecule has 0 unspecified atom stereocenters. The van der Waals surface area contributed by atoms with Crippen LogP contribution in [0.3, 0.4) is 0 Å². The SMILES string of the molecule is CCOc1cc2c(cc1OCC)CN(C(=O)C(C)(C)c1ccccc1)CC2. The Morgan fingerprint density at radius 3 is 2.19 bits per heavy atom. The van der Waals surface area contributed by atoms with Crippen molar-refractivity contribution in [3.63, 3.8) is 0 Å². The van der Waals surface area contributed by atoms with Gasteiger partial charge in [-0.1, -0.05) is 30.3 Å². The van der Waals surface area contributed by atoms with E-state index < -0.39 is 5.41 Å². The molecule has 0 N–H and O–H groups in total. The summed E-state index contributed by atoms with van der Waals surface area (Å²) in [5, 5.41) is 0. The van der Waals surface area contributed by atoms with Gasteiger partial charge in [0.2, 0.25) is 5.91 Å². The molecule has 144 valence electrons. The van der Waals surface area contributed by atoms with Crippen LogP contribution in [-0.4, -0.2) is 30.6 Å². The Kier molecular flexibility index (Phi) is 5.73. The van der Waals surface area contributed by atoms with Crippen molar-refractivity contribution in [3.8, 4) is 11.5 Å². The lowest BCUT2D eigenvalue weighted by molar-refractivity contribution is -0.137. The van der Waals surface area contributed by atoms with E-state index in [1.807, 2.05) is 69.0 Å². The first-order chi connectivity index (χ1) is 13.0.